The van der Waals surface area contributed by atoms with Crippen molar-refractivity contribution in [2.45, 2.75) is 6.92 Å². The maximum Gasteiger partial charge on any atom is 0.232 e. The second-order valence-corrected chi connectivity index (χ2v) is 7.60. The Morgan fingerprint density at radius 3 is 2.27 bits per heavy atom. The highest BCUT2D eigenvalue weighted by molar-refractivity contribution is 7.92. The third-order valence-electron chi connectivity index (χ3n) is 3.82. The summed E-state index contributed by atoms with van der Waals surface area (Å²) < 4.78 is 25.4. The van der Waals surface area contributed by atoms with Gasteiger partial charge in [0.1, 0.15) is 0 Å². The normalized spacial score (nSPS) is 17.4. The first kappa shape index (κ1) is 16.9. The molecular formula is C15H23N3O3S. The molecule has 7 heteroatoms. The number of Topliss-reactive ketones (excluding diaryl/α,β-unsaturated/α-hetero) is 1. The Hall–Kier alpha value is -1.44. The van der Waals surface area contributed by atoms with Crippen LogP contribution in [0.25, 0.3) is 0 Å². The van der Waals surface area contributed by atoms with Crippen molar-refractivity contribution in [3.8, 4) is 0 Å². The molecule has 0 aromatic heterocycles. The van der Waals surface area contributed by atoms with Gasteiger partial charge in [0.05, 0.1) is 12.3 Å². The van der Waals surface area contributed by atoms with Gasteiger partial charge < -0.3 is 4.90 Å². The lowest BCUT2D eigenvalue weighted by Crippen LogP contribution is -2.46. The predicted octanol–water partition coefficient (Wildman–Crippen LogP) is 0.878. The molecule has 0 bridgehead atoms. The topological polar surface area (TPSA) is 69.7 Å². The highest BCUT2D eigenvalue weighted by atomic mass is 32.2. The van der Waals surface area contributed by atoms with Crippen molar-refractivity contribution in [1.82, 2.24) is 9.80 Å². The molecule has 0 atom stereocenters. The molecular weight excluding hydrogens is 302 g/mol. The number of nitrogens with one attached hydrogen (secondary N) is 1. The Bertz CT molecular complexity index is 605. The fraction of sp³-hybridized carbons (Fsp3) is 0.533. The van der Waals surface area contributed by atoms with Crippen LogP contribution in [0.2, 0.25) is 0 Å². The number of likely N-dealkylation sites (N-methyl/N-ethyl adjacent to an activating group) is 1. The molecule has 1 aliphatic rings. The monoisotopic (exact) mass is 325 g/mol. The highest BCUT2D eigenvalue weighted by Gasteiger charge is 2.17. The summed E-state index contributed by atoms with van der Waals surface area (Å²) in [5.74, 6) is 0.0892. The van der Waals surface area contributed by atoms with Crippen molar-refractivity contribution in [3.63, 3.8) is 0 Å². The van der Waals surface area contributed by atoms with Gasteiger partial charge in [-0.05, 0) is 38.2 Å². The van der Waals surface area contributed by atoms with Crippen LogP contribution in [0.5, 0.6) is 0 Å². The smallest absolute Gasteiger partial charge is 0.232 e. The van der Waals surface area contributed by atoms with Crippen molar-refractivity contribution >= 4 is 21.5 Å². The summed E-state index contributed by atoms with van der Waals surface area (Å²) in [5.41, 5.74) is 1.09. The number of piperazine rings is 1. The summed E-state index contributed by atoms with van der Waals surface area (Å²) in [7, 11) is -1.20. The van der Waals surface area contributed by atoms with Gasteiger partial charge >= 0.3 is 0 Å². The molecule has 0 spiro atoms. The van der Waals surface area contributed by atoms with E-state index in [9.17, 15) is 13.2 Å². The molecule has 1 saturated heterocycles. The van der Waals surface area contributed by atoms with Crippen LogP contribution in [0.4, 0.5) is 5.69 Å². The van der Waals surface area contributed by atoms with E-state index in [1.807, 2.05) is 0 Å². The number of hydrogen-bond donors (Lipinski definition) is 1. The van der Waals surface area contributed by atoms with Crippen molar-refractivity contribution < 1.29 is 13.2 Å². The third-order valence-corrected chi connectivity index (χ3v) is 5.13. The molecule has 0 saturated carbocycles. The second kappa shape index (κ2) is 7.21. The van der Waals surface area contributed by atoms with Crippen molar-refractivity contribution in [3.05, 3.63) is 29.8 Å². The van der Waals surface area contributed by atoms with Gasteiger partial charge in [-0.15, -0.1) is 0 Å². The van der Waals surface area contributed by atoms with Gasteiger partial charge in [0.15, 0.2) is 5.78 Å². The van der Waals surface area contributed by atoms with E-state index in [2.05, 4.69) is 21.6 Å². The molecule has 1 aromatic carbocycles. The summed E-state index contributed by atoms with van der Waals surface area (Å²) in [6, 6.07) is 6.60. The minimum atomic E-state index is -3.28. The number of anilines is 1. The van der Waals surface area contributed by atoms with Crippen LogP contribution >= 0.6 is 0 Å². The fourth-order valence-electron chi connectivity index (χ4n) is 2.28. The number of carbonyl (C=O) groups excluding carboxylic acids is 1. The highest BCUT2D eigenvalue weighted by Crippen LogP contribution is 2.13. The molecule has 0 radical (unpaired) electrons. The fourth-order valence-corrected chi connectivity index (χ4v) is 2.92. The summed E-state index contributed by atoms with van der Waals surface area (Å²) >= 11 is 0. The van der Waals surface area contributed by atoms with Crippen LogP contribution in [0.3, 0.4) is 0 Å². The van der Waals surface area contributed by atoms with Crippen molar-refractivity contribution in [2.24, 2.45) is 0 Å². The van der Waals surface area contributed by atoms with Gasteiger partial charge in [0.25, 0.3) is 0 Å². The quantitative estimate of drug-likeness (QED) is 0.786. The zero-order chi connectivity index (χ0) is 16.2. The van der Waals surface area contributed by atoms with E-state index in [-0.39, 0.29) is 11.5 Å². The van der Waals surface area contributed by atoms with Crippen LogP contribution in [0, 0.1) is 0 Å². The van der Waals surface area contributed by atoms with Crippen molar-refractivity contribution in [2.75, 3.05) is 50.2 Å². The standard InChI is InChI=1S/C15H23N3O3S/c1-3-22(20,21)16-14-6-4-13(5-7-14)15(19)12-18-10-8-17(2)9-11-18/h4-7,16H,3,8-12H2,1-2H3. The van der Waals surface area contributed by atoms with E-state index in [1.54, 1.807) is 31.2 Å². The SMILES string of the molecule is CCS(=O)(=O)Nc1ccc(C(=O)CN2CCN(C)CC2)cc1. The first-order valence-corrected chi connectivity index (χ1v) is 9.09. The summed E-state index contributed by atoms with van der Waals surface area (Å²) in [6.45, 7) is 5.74. The van der Waals surface area contributed by atoms with E-state index in [0.29, 0.717) is 17.8 Å². The lowest BCUT2D eigenvalue weighted by molar-refractivity contribution is 0.0876. The first-order valence-electron chi connectivity index (χ1n) is 7.44. The summed E-state index contributed by atoms with van der Waals surface area (Å²) in [4.78, 5) is 16.6. The number of nitrogens with zero attached hydrogens (tertiary/aromatic N) is 2. The van der Waals surface area contributed by atoms with Crippen LogP contribution in [-0.2, 0) is 10.0 Å². The van der Waals surface area contributed by atoms with Gasteiger partial charge in [-0.2, -0.15) is 0 Å². The maximum absolute atomic E-state index is 12.3. The van der Waals surface area contributed by atoms with Gasteiger partial charge in [-0.3, -0.25) is 14.4 Å². The average molecular weight is 325 g/mol. The molecule has 1 aliphatic heterocycles. The molecule has 0 amide bonds. The zero-order valence-corrected chi connectivity index (χ0v) is 13.9. The zero-order valence-electron chi connectivity index (χ0n) is 13.1. The van der Waals surface area contributed by atoms with E-state index in [0.717, 1.165) is 26.2 Å². The molecule has 6 nitrogen and oxygen atoms in total. The number of benzene rings is 1. The minimum absolute atomic E-state index is 0.0249. The van der Waals surface area contributed by atoms with E-state index in [4.69, 9.17) is 0 Å². The molecule has 22 heavy (non-hydrogen) atoms. The van der Waals surface area contributed by atoms with Crippen LogP contribution in [0.1, 0.15) is 17.3 Å². The van der Waals surface area contributed by atoms with E-state index >= 15 is 0 Å². The van der Waals surface area contributed by atoms with Gasteiger partial charge in [0.2, 0.25) is 10.0 Å². The Balaban J connectivity index is 1.93. The second-order valence-electron chi connectivity index (χ2n) is 5.59. The lowest BCUT2D eigenvalue weighted by Gasteiger charge is -2.31. The number of carbonyl (C=O) groups is 1. The molecule has 0 unspecified atom stereocenters. The lowest BCUT2D eigenvalue weighted by atomic mass is 10.1. The molecule has 2 rings (SSSR count). The minimum Gasteiger partial charge on any atom is -0.304 e. The Labute approximate surface area is 132 Å². The van der Waals surface area contributed by atoms with E-state index in [1.165, 1.54) is 0 Å². The van der Waals surface area contributed by atoms with Gasteiger partial charge in [-0.1, -0.05) is 0 Å². The largest absolute Gasteiger partial charge is 0.304 e. The maximum atomic E-state index is 12.3. The molecule has 1 fully saturated rings. The van der Waals surface area contributed by atoms with Crippen molar-refractivity contribution in [1.29, 1.82) is 0 Å². The molecule has 0 aliphatic carbocycles. The first-order chi connectivity index (χ1) is 10.4. The van der Waals surface area contributed by atoms with Gasteiger partial charge in [0, 0.05) is 37.4 Å². The van der Waals surface area contributed by atoms with Gasteiger partial charge in [-0.25, -0.2) is 8.42 Å². The van der Waals surface area contributed by atoms with E-state index < -0.39 is 10.0 Å². The summed E-state index contributed by atoms with van der Waals surface area (Å²) in [5, 5.41) is 0. The van der Waals surface area contributed by atoms with Crippen LogP contribution < -0.4 is 4.72 Å². The van der Waals surface area contributed by atoms with Crippen LogP contribution in [0.15, 0.2) is 24.3 Å². The molecule has 1 N–H and O–H groups in total. The molecule has 1 aromatic rings. The Morgan fingerprint density at radius 1 is 1.14 bits per heavy atom. The summed E-state index contributed by atoms with van der Waals surface area (Å²) in [6.07, 6.45) is 0. The number of hydrogen-bond acceptors (Lipinski definition) is 5. The Morgan fingerprint density at radius 2 is 1.73 bits per heavy atom. The molecule has 122 valence electrons. The average Bonchev–Trinajstić information content (AvgIpc) is 2.50. The molecule has 1 heterocycles. The predicted molar refractivity (Wildman–Crippen MR) is 87.8 cm³/mol. The number of rotatable bonds is 6. The third kappa shape index (κ3) is 4.79. The number of ketones is 1. The Kier molecular flexibility index (Phi) is 5.55. The number of sulfonamides is 1. The van der Waals surface area contributed by atoms with Crippen LogP contribution in [-0.4, -0.2) is 69.5 Å².